The van der Waals surface area contributed by atoms with E-state index < -0.39 is 10.2 Å². The molecule has 0 saturated carbocycles. The van der Waals surface area contributed by atoms with Gasteiger partial charge in [-0.1, -0.05) is 110 Å². The normalized spacial score (nSPS) is 19.1. The molecular formula is C60H82AgBrI2N2NaO12. The third-order valence-corrected chi connectivity index (χ3v) is 15.8. The zero-order chi connectivity index (χ0) is 56.8. The Bertz CT molecular complexity index is 2480. The second kappa shape index (κ2) is 38.7. The molecule has 14 nitrogen and oxygen atoms in total. The van der Waals surface area contributed by atoms with Crippen LogP contribution in [0.2, 0.25) is 0 Å². The van der Waals surface area contributed by atoms with E-state index in [1.165, 1.54) is 40.5 Å². The van der Waals surface area contributed by atoms with Gasteiger partial charge < -0.3 is 64.7 Å². The Balaban J connectivity index is 0.00000110. The molecule has 437 valence electrons. The van der Waals surface area contributed by atoms with Crippen LogP contribution in [-0.2, 0) is 46.5 Å². The first-order valence-corrected chi connectivity index (χ1v) is 28.9. The fourth-order valence-electron chi connectivity index (χ4n) is 10.9. The van der Waals surface area contributed by atoms with Crippen LogP contribution in [0.1, 0.15) is 170 Å². The summed E-state index contributed by atoms with van der Waals surface area (Å²) in [6.07, 6.45) is 21.0. The zero-order valence-electron chi connectivity index (χ0n) is 47.0. The summed E-state index contributed by atoms with van der Waals surface area (Å²) in [7, 11) is 0. The molecule has 0 amide bonds. The van der Waals surface area contributed by atoms with Crippen molar-refractivity contribution in [3.63, 3.8) is 0 Å². The van der Waals surface area contributed by atoms with E-state index in [0.717, 1.165) is 131 Å². The van der Waals surface area contributed by atoms with E-state index in [1.807, 2.05) is 19.1 Å². The van der Waals surface area contributed by atoms with Gasteiger partial charge in [0.15, 0.2) is 0 Å². The molecule has 0 aromatic heterocycles. The number of alkyl halides is 2. The number of allylic oxidation sites excluding steroid dienone is 9. The second-order valence-corrected chi connectivity index (χ2v) is 22.6. The Morgan fingerprint density at radius 1 is 0.595 bits per heavy atom. The van der Waals surface area contributed by atoms with Crippen LogP contribution < -0.4 is 53.5 Å². The van der Waals surface area contributed by atoms with Gasteiger partial charge in [0.1, 0.15) is 34.5 Å². The van der Waals surface area contributed by atoms with Crippen LogP contribution in [0.15, 0.2) is 108 Å². The summed E-state index contributed by atoms with van der Waals surface area (Å²) in [5.41, 5.74) is 13.2. The predicted molar refractivity (Wildman–Crippen MR) is 315 cm³/mol. The number of aromatic hydroxyl groups is 6. The fourth-order valence-corrected chi connectivity index (χ4v) is 11.8. The third-order valence-electron chi connectivity index (χ3n) is 14.5. The summed E-state index contributed by atoms with van der Waals surface area (Å²) in [5.74, 6) is 2.12. The van der Waals surface area contributed by atoms with Crippen LogP contribution in [0.3, 0.4) is 0 Å². The average Bonchev–Trinajstić information content (AvgIpc) is 3.31. The molecule has 7 N–H and O–H groups in total. The van der Waals surface area contributed by atoms with Gasteiger partial charge in [0.25, 0.3) is 10.2 Å². The minimum absolute atomic E-state index is 0. The van der Waals surface area contributed by atoms with Gasteiger partial charge in [-0.2, -0.15) is 0 Å². The van der Waals surface area contributed by atoms with E-state index in [9.17, 15) is 40.8 Å². The smallest absolute Gasteiger partial charge is 1.00 e. The van der Waals surface area contributed by atoms with Crippen LogP contribution in [0.5, 0.6) is 34.5 Å². The average molecular weight is 1490 g/mol. The molecule has 3 aromatic carbocycles. The van der Waals surface area contributed by atoms with Crippen LogP contribution in [0.25, 0.3) is 0 Å². The molecule has 0 spiro atoms. The van der Waals surface area contributed by atoms with Crippen LogP contribution in [0, 0.1) is 38.0 Å². The monoisotopic (exact) mass is 1490 g/mol. The van der Waals surface area contributed by atoms with E-state index in [-0.39, 0.29) is 141 Å². The van der Waals surface area contributed by atoms with E-state index in [1.54, 1.807) is 6.07 Å². The maximum Gasteiger partial charge on any atom is 1.00 e. The summed E-state index contributed by atoms with van der Waals surface area (Å²) in [6, 6.07) is 9.64. The van der Waals surface area contributed by atoms with Crippen molar-refractivity contribution in [2.24, 2.45) is 17.8 Å². The predicted octanol–water partition coefficient (Wildman–Crippen LogP) is 10.0. The molecule has 0 heterocycles. The number of rotatable bonds is 20. The number of halogens is 3. The Labute approximate surface area is 545 Å². The van der Waals surface area contributed by atoms with Crippen molar-refractivity contribution >= 4 is 38.5 Å². The molecule has 6 rings (SSSR count). The summed E-state index contributed by atoms with van der Waals surface area (Å²) < 4.78 is 1.13. The van der Waals surface area contributed by atoms with Gasteiger partial charge in [0, 0.05) is 80.4 Å². The Morgan fingerprint density at radius 2 is 0.886 bits per heavy atom. The first kappa shape index (κ1) is 76.0. The largest absolute Gasteiger partial charge is 1.00 e. The molecule has 0 bridgehead atoms. The van der Waals surface area contributed by atoms with Gasteiger partial charge in [0.05, 0.1) is 6.61 Å². The van der Waals surface area contributed by atoms with Crippen molar-refractivity contribution in [3.05, 3.63) is 161 Å². The SMILES string of the molecule is C=C(C)[C@H]1CCC(C)=C[C@@H]1c1c(O)cc(O)cc1CCCCBr.C=C(C)[C@H]1CCC(C)=C[C@@H]1c1c(O)cc(O)cc1CCCCI.C=C(C)[C@H]1CCC(C)=C[C@@H]1c1c(O)cc(O)cc1CCCCO[N+](=O)[O-].O=[N+]([O-])O.[Ag].[I-].[Na+]. The van der Waals surface area contributed by atoms with E-state index in [4.69, 9.17) is 15.3 Å². The summed E-state index contributed by atoms with van der Waals surface area (Å²) in [6.45, 7) is 25.1. The van der Waals surface area contributed by atoms with Crippen molar-refractivity contribution < 1.29 is 127 Å². The van der Waals surface area contributed by atoms with Gasteiger partial charge >= 0.3 is 29.6 Å². The van der Waals surface area contributed by atoms with E-state index in [0.29, 0.717) is 31.1 Å². The van der Waals surface area contributed by atoms with Gasteiger partial charge in [-0.15, -0.1) is 20.2 Å². The van der Waals surface area contributed by atoms with Crippen molar-refractivity contribution in [1.29, 1.82) is 0 Å². The minimum atomic E-state index is -1.50. The summed E-state index contributed by atoms with van der Waals surface area (Å²) in [5, 5.41) is 85.4. The number of phenolic OH excluding ortho intramolecular Hbond substituents is 6. The van der Waals surface area contributed by atoms with Crippen molar-refractivity contribution in [2.75, 3.05) is 16.4 Å². The molecule has 0 unspecified atom stereocenters. The number of benzene rings is 3. The van der Waals surface area contributed by atoms with E-state index in [2.05, 4.69) is 116 Å². The molecule has 6 atom stereocenters. The molecule has 0 aliphatic heterocycles. The van der Waals surface area contributed by atoms with Crippen molar-refractivity contribution in [3.8, 4) is 34.5 Å². The van der Waals surface area contributed by atoms with Gasteiger partial charge in [-0.05, 0) is 195 Å². The maximum atomic E-state index is 10.6. The van der Waals surface area contributed by atoms with Crippen LogP contribution in [0.4, 0.5) is 0 Å². The number of aryl methyl sites for hydroxylation is 3. The standard InChI is InChI=1S/C20H27BrO2.C20H27IO2.C20H27NO5.Ag.HI.HNO3.Na/c2*1-13(2)17-8-7-14(3)10-18(17)20-15(6-4-5-9-21)11-16(22)12-19(20)23;1-13(2)17-8-7-14(3)10-18(17)20-15(11-16(22)12-19(20)23)6-4-5-9-26-21(24)25;;;2-1(3)4;/h2*10-12,17-18,22-23H,1,4-9H2,2-3H3;10-12,17-18,22-23H,1,4-9H2,2-3H3;;1H;(H,2,3,4);/q;;;;;;+1/p-1/t3*17-,18+;;;;/m111..../s1. The fraction of sp³-hybridized carbons (Fsp3) is 0.500. The molecule has 19 heteroatoms. The van der Waals surface area contributed by atoms with E-state index >= 15 is 0 Å². The Kier molecular flexibility index (Phi) is 37.2. The number of nitrogens with zero attached hydrogens (tertiary/aromatic N) is 2. The third kappa shape index (κ3) is 25.2. The van der Waals surface area contributed by atoms with Crippen molar-refractivity contribution in [1.82, 2.24) is 0 Å². The second-order valence-electron chi connectivity index (χ2n) is 20.7. The van der Waals surface area contributed by atoms with Gasteiger partial charge in [-0.25, -0.2) is 0 Å². The first-order chi connectivity index (χ1) is 35.9. The van der Waals surface area contributed by atoms with Crippen molar-refractivity contribution in [2.45, 2.75) is 156 Å². The van der Waals surface area contributed by atoms with Gasteiger partial charge in [-0.3, -0.25) is 0 Å². The number of unbranched alkanes of at least 4 members (excludes halogenated alkanes) is 3. The molecule has 0 fully saturated rings. The number of hydrogen-bond donors (Lipinski definition) is 7. The molecule has 1 radical (unpaired) electrons. The van der Waals surface area contributed by atoms with Crippen LogP contribution in [-0.4, -0.2) is 62.4 Å². The summed E-state index contributed by atoms with van der Waals surface area (Å²) >= 11 is 5.85. The minimum Gasteiger partial charge on any atom is -1.00 e. The number of phenols is 6. The van der Waals surface area contributed by atoms with Crippen LogP contribution >= 0.6 is 38.5 Å². The first-order valence-electron chi connectivity index (χ1n) is 26.2. The quantitative estimate of drug-likeness (QED) is 0.0106. The molecule has 3 aliphatic rings. The molecule has 3 aliphatic carbocycles. The molecule has 0 saturated heterocycles. The molecule has 3 aromatic rings. The molecule has 79 heavy (non-hydrogen) atoms. The number of hydrogen-bond acceptors (Lipinski definition) is 11. The summed E-state index contributed by atoms with van der Waals surface area (Å²) in [4.78, 5) is 22.9. The zero-order valence-corrected chi connectivity index (χ0v) is 56.4. The van der Waals surface area contributed by atoms with Gasteiger partial charge in [0.2, 0.25) is 0 Å². The topological polar surface area (TPSA) is 237 Å². The Hall–Kier alpha value is -3.02. The molecular weight excluding hydrogens is 1410 g/mol. The Morgan fingerprint density at radius 3 is 1.15 bits per heavy atom. The maximum absolute atomic E-state index is 10.6.